The van der Waals surface area contributed by atoms with E-state index in [1.54, 1.807) is 52.6 Å². The summed E-state index contributed by atoms with van der Waals surface area (Å²) in [5.41, 5.74) is 5.05. The molecule has 1 aromatic heterocycles. The van der Waals surface area contributed by atoms with Crippen molar-refractivity contribution < 1.29 is 9.59 Å². The second-order valence-electron chi connectivity index (χ2n) is 8.79. The van der Waals surface area contributed by atoms with E-state index in [0.717, 1.165) is 23.2 Å². The average Bonchev–Trinajstić information content (AvgIpc) is 3.24. The van der Waals surface area contributed by atoms with E-state index in [9.17, 15) is 9.59 Å². The Morgan fingerprint density at radius 3 is 2.12 bits per heavy atom. The largest absolute Gasteiger partial charge is 0.309 e. The molecular weight excluding hydrogens is 442 g/mol. The molecule has 0 aliphatic heterocycles. The minimum Gasteiger partial charge on any atom is -0.309 e. The van der Waals surface area contributed by atoms with Crippen LogP contribution in [0.25, 0.3) is 10.2 Å². The number of carbonyl (C=O) groups is 2. The maximum Gasteiger partial charge on any atom is 0.260 e. The number of fused-ring (bicyclic) bond motifs is 1. The van der Waals surface area contributed by atoms with Crippen molar-refractivity contribution in [3.05, 3.63) is 94.5 Å². The fraction of sp³-hybridized carbons (Fsp3) is 0.250. The molecule has 0 spiro atoms. The summed E-state index contributed by atoms with van der Waals surface area (Å²) in [6.07, 6.45) is 0.831. The van der Waals surface area contributed by atoms with Gasteiger partial charge in [-0.2, -0.15) is 0 Å². The minimum atomic E-state index is -0.107. The molecule has 0 atom stereocenters. The minimum absolute atomic E-state index is 0.0562. The number of hydrogen-bond donors (Lipinski definition) is 0. The van der Waals surface area contributed by atoms with Crippen molar-refractivity contribution >= 4 is 38.4 Å². The third kappa shape index (κ3) is 5.24. The van der Waals surface area contributed by atoms with Gasteiger partial charge in [0.15, 0.2) is 10.9 Å². The van der Waals surface area contributed by atoms with Crippen molar-refractivity contribution in [2.24, 2.45) is 0 Å². The fourth-order valence-electron chi connectivity index (χ4n) is 3.79. The molecule has 0 aliphatic rings. The van der Waals surface area contributed by atoms with Crippen molar-refractivity contribution in [1.82, 2.24) is 9.88 Å². The normalized spacial score (nSPS) is 11.2. The lowest BCUT2D eigenvalue weighted by Gasteiger charge is -2.21. The van der Waals surface area contributed by atoms with E-state index in [4.69, 9.17) is 4.98 Å². The molecule has 0 saturated heterocycles. The first-order valence-electron chi connectivity index (χ1n) is 11.4. The lowest BCUT2D eigenvalue weighted by atomic mass is 10.0. The highest BCUT2D eigenvalue weighted by atomic mass is 32.1. The number of benzene rings is 3. The molecule has 6 heteroatoms. The Morgan fingerprint density at radius 1 is 0.824 bits per heavy atom. The molecule has 3 aromatic carbocycles. The van der Waals surface area contributed by atoms with Crippen LogP contribution in [-0.4, -0.2) is 48.8 Å². The van der Waals surface area contributed by atoms with Crippen LogP contribution in [0.2, 0.25) is 0 Å². The van der Waals surface area contributed by atoms with Crippen molar-refractivity contribution in [3.8, 4) is 0 Å². The Morgan fingerprint density at radius 2 is 1.44 bits per heavy atom. The summed E-state index contributed by atoms with van der Waals surface area (Å²) in [4.78, 5) is 35.0. The molecule has 0 fully saturated rings. The average molecular weight is 472 g/mol. The number of hydrogen-bond acceptors (Lipinski definition) is 5. The van der Waals surface area contributed by atoms with Crippen LogP contribution in [0, 0.1) is 13.8 Å². The number of thiazole rings is 1. The van der Waals surface area contributed by atoms with Gasteiger partial charge in [0, 0.05) is 23.2 Å². The molecule has 0 unspecified atom stereocenters. The zero-order chi connectivity index (χ0) is 24.2. The number of carbonyl (C=O) groups excluding carboxylic acids is 2. The molecule has 0 bridgehead atoms. The molecule has 4 rings (SSSR count). The van der Waals surface area contributed by atoms with Crippen LogP contribution in [0.15, 0.2) is 66.7 Å². The summed E-state index contributed by atoms with van der Waals surface area (Å²) in [6.45, 7) is 5.61. The van der Waals surface area contributed by atoms with Crippen molar-refractivity contribution in [2.45, 2.75) is 20.3 Å². The molecule has 1 amide bonds. The lowest BCUT2D eigenvalue weighted by Crippen LogP contribution is -2.33. The Hall–Kier alpha value is -3.35. The summed E-state index contributed by atoms with van der Waals surface area (Å²) in [7, 11) is 4.05. The maximum absolute atomic E-state index is 13.6. The molecule has 174 valence electrons. The van der Waals surface area contributed by atoms with Crippen LogP contribution in [0.5, 0.6) is 0 Å². The Balaban J connectivity index is 1.62. The monoisotopic (exact) mass is 471 g/mol. The quantitative estimate of drug-likeness (QED) is 0.307. The molecule has 0 N–H and O–H groups in total. The third-order valence-corrected chi connectivity index (χ3v) is 6.93. The fourth-order valence-corrected chi connectivity index (χ4v) is 4.86. The van der Waals surface area contributed by atoms with Crippen LogP contribution in [0.3, 0.4) is 0 Å². The van der Waals surface area contributed by atoms with E-state index < -0.39 is 0 Å². The van der Waals surface area contributed by atoms with E-state index in [0.29, 0.717) is 28.4 Å². The van der Waals surface area contributed by atoms with Crippen LogP contribution in [0.1, 0.15) is 43.8 Å². The van der Waals surface area contributed by atoms with Crippen molar-refractivity contribution in [2.75, 3.05) is 32.1 Å². The van der Waals surface area contributed by atoms with E-state index in [1.165, 1.54) is 11.1 Å². The summed E-state index contributed by atoms with van der Waals surface area (Å²) < 4.78 is 1.08. The van der Waals surface area contributed by atoms with Gasteiger partial charge < -0.3 is 4.90 Å². The first-order chi connectivity index (χ1) is 16.3. The topological polar surface area (TPSA) is 53.5 Å². The van der Waals surface area contributed by atoms with Crippen molar-refractivity contribution in [1.29, 1.82) is 0 Å². The van der Waals surface area contributed by atoms with Gasteiger partial charge in [-0.3, -0.25) is 14.5 Å². The second-order valence-corrected chi connectivity index (χ2v) is 9.80. The van der Waals surface area contributed by atoms with Gasteiger partial charge >= 0.3 is 0 Å². The number of amides is 1. The first-order valence-corrected chi connectivity index (χ1v) is 12.2. The van der Waals surface area contributed by atoms with E-state index in [2.05, 4.69) is 30.9 Å². The van der Waals surface area contributed by atoms with Crippen LogP contribution in [0.4, 0.5) is 5.13 Å². The zero-order valence-electron chi connectivity index (χ0n) is 20.0. The number of ketones is 1. The number of nitrogens with zero attached hydrogens (tertiary/aromatic N) is 3. The number of anilines is 1. The Labute approximate surface area is 204 Å². The molecule has 4 aromatic rings. The smallest absolute Gasteiger partial charge is 0.260 e. The van der Waals surface area contributed by atoms with Gasteiger partial charge in [-0.05, 0) is 76.3 Å². The second kappa shape index (κ2) is 10.3. The molecule has 0 saturated carbocycles. The molecule has 1 heterocycles. The SMILES string of the molecule is Cc1cc2nc(N(CCCN(C)C)C(=O)c3ccc(C(=O)c4ccccc4)cc3)sc2cc1C. The molecular formula is C28H29N3O2S. The standard InChI is InChI=1S/C28H29N3O2S/c1-19-17-24-25(18-20(19)2)34-28(29-24)31(16-8-15-30(3)4)27(33)23-13-11-22(12-14-23)26(32)21-9-6-5-7-10-21/h5-7,9-14,17-18H,8,15-16H2,1-4H3. The summed E-state index contributed by atoms with van der Waals surface area (Å²) in [6, 6.07) is 20.3. The number of aromatic nitrogens is 1. The van der Waals surface area contributed by atoms with Gasteiger partial charge in [-0.15, -0.1) is 0 Å². The highest BCUT2D eigenvalue weighted by Crippen LogP contribution is 2.32. The van der Waals surface area contributed by atoms with Gasteiger partial charge in [0.05, 0.1) is 10.2 Å². The van der Waals surface area contributed by atoms with Gasteiger partial charge in [0.25, 0.3) is 5.91 Å². The van der Waals surface area contributed by atoms with Gasteiger partial charge in [-0.1, -0.05) is 53.8 Å². The molecule has 0 radical (unpaired) electrons. The van der Waals surface area contributed by atoms with Crippen molar-refractivity contribution in [3.63, 3.8) is 0 Å². The summed E-state index contributed by atoms with van der Waals surface area (Å²) in [5, 5.41) is 0.702. The van der Waals surface area contributed by atoms with Gasteiger partial charge in [0.1, 0.15) is 0 Å². The van der Waals surface area contributed by atoms with Crippen LogP contribution >= 0.6 is 11.3 Å². The van der Waals surface area contributed by atoms with Crippen LogP contribution in [-0.2, 0) is 0 Å². The third-order valence-electron chi connectivity index (χ3n) is 5.89. The summed E-state index contributed by atoms with van der Waals surface area (Å²) >= 11 is 1.54. The van der Waals surface area contributed by atoms with Gasteiger partial charge in [-0.25, -0.2) is 4.98 Å². The maximum atomic E-state index is 13.6. The molecule has 5 nitrogen and oxygen atoms in total. The first kappa shape index (κ1) is 23.8. The highest BCUT2D eigenvalue weighted by Gasteiger charge is 2.22. The molecule has 0 aliphatic carbocycles. The lowest BCUT2D eigenvalue weighted by molar-refractivity contribution is 0.0983. The summed E-state index contributed by atoms with van der Waals surface area (Å²) in [5.74, 6) is -0.163. The van der Waals surface area contributed by atoms with E-state index >= 15 is 0 Å². The Kier molecular flexibility index (Phi) is 7.20. The van der Waals surface area contributed by atoms with E-state index in [1.807, 2.05) is 32.3 Å². The predicted molar refractivity (Wildman–Crippen MR) is 140 cm³/mol. The number of rotatable bonds is 8. The predicted octanol–water partition coefficient (Wildman–Crippen LogP) is 5.74. The van der Waals surface area contributed by atoms with Crippen LogP contribution < -0.4 is 4.90 Å². The molecule has 34 heavy (non-hydrogen) atoms. The highest BCUT2D eigenvalue weighted by molar-refractivity contribution is 7.22. The Bertz CT molecular complexity index is 1270. The number of aryl methyl sites for hydroxylation is 2. The van der Waals surface area contributed by atoms with Gasteiger partial charge in [0.2, 0.25) is 0 Å². The zero-order valence-corrected chi connectivity index (χ0v) is 20.9. The van der Waals surface area contributed by atoms with E-state index in [-0.39, 0.29) is 11.7 Å².